The summed E-state index contributed by atoms with van der Waals surface area (Å²) in [5.74, 6) is -0.903. The summed E-state index contributed by atoms with van der Waals surface area (Å²) in [6.07, 6.45) is 2.43. The minimum absolute atomic E-state index is 0.103. The summed E-state index contributed by atoms with van der Waals surface area (Å²) >= 11 is 0. The fourth-order valence-electron chi connectivity index (χ4n) is 3.87. The van der Waals surface area contributed by atoms with Gasteiger partial charge in [0.2, 0.25) is 0 Å². The van der Waals surface area contributed by atoms with Crippen molar-refractivity contribution < 1.29 is 18.3 Å². The number of rotatable bonds is 5. The van der Waals surface area contributed by atoms with Gasteiger partial charge in [0, 0.05) is 11.1 Å². The molecule has 4 heteroatoms. The van der Waals surface area contributed by atoms with Crippen LogP contribution in [0.2, 0.25) is 0 Å². The van der Waals surface area contributed by atoms with Crippen LogP contribution in [0.15, 0.2) is 54.6 Å². The topological polar surface area (TPSA) is 20.2 Å². The Morgan fingerprint density at radius 2 is 1.43 bits per heavy atom. The Bertz CT molecular complexity index is 988. The number of hydrogen-bond acceptors (Lipinski definition) is 1. The molecule has 28 heavy (non-hydrogen) atoms. The highest BCUT2D eigenvalue weighted by Gasteiger charge is 2.36. The van der Waals surface area contributed by atoms with Crippen molar-refractivity contribution >= 4 is 0 Å². The summed E-state index contributed by atoms with van der Waals surface area (Å²) in [5, 5.41) is 9.01. The van der Waals surface area contributed by atoms with Gasteiger partial charge >= 0.3 is 0 Å². The van der Waals surface area contributed by atoms with Crippen molar-refractivity contribution in [1.29, 1.82) is 0 Å². The van der Waals surface area contributed by atoms with E-state index in [1.54, 1.807) is 6.07 Å². The normalized spacial score (nSPS) is 18.3. The molecule has 0 aliphatic heterocycles. The smallest absolute Gasteiger partial charge is 0.132 e. The Balaban J connectivity index is 1.62. The van der Waals surface area contributed by atoms with E-state index in [0.717, 1.165) is 23.6 Å². The molecule has 1 saturated carbocycles. The van der Waals surface area contributed by atoms with Gasteiger partial charge in [0.15, 0.2) is 0 Å². The molecular formula is C24H21F3O. The average Bonchev–Trinajstić information content (AvgIpc) is 3.48. The van der Waals surface area contributed by atoms with Gasteiger partial charge in [-0.1, -0.05) is 49.7 Å². The van der Waals surface area contributed by atoms with Crippen LogP contribution in [-0.4, -0.2) is 5.11 Å². The fourth-order valence-corrected chi connectivity index (χ4v) is 3.87. The Hall–Kier alpha value is -2.59. The molecule has 1 aliphatic rings. The molecule has 4 rings (SSSR count). The minimum Gasteiger partial charge on any atom is -0.391 e. The van der Waals surface area contributed by atoms with Crippen molar-refractivity contribution in [3.8, 4) is 22.3 Å². The van der Waals surface area contributed by atoms with Crippen molar-refractivity contribution in [2.45, 2.75) is 32.3 Å². The van der Waals surface area contributed by atoms with Gasteiger partial charge in [-0.05, 0) is 58.7 Å². The Morgan fingerprint density at radius 3 is 1.96 bits per heavy atom. The van der Waals surface area contributed by atoms with E-state index in [-0.39, 0.29) is 11.1 Å². The summed E-state index contributed by atoms with van der Waals surface area (Å²) in [6, 6.07) is 14.9. The first kappa shape index (κ1) is 18.8. The average molecular weight is 382 g/mol. The molecule has 1 aliphatic carbocycles. The maximum Gasteiger partial charge on any atom is 0.132 e. The van der Waals surface area contributed by atoms with Crippen molar-refractivity contribution in [3.63, 3.8) is 0 Å². The lowest BCUT2D eigenvalue weighted by atomic mass is 9.97. The molecular weight excluding hydrogens is 361 g/mol. The molecule has 1 N–H and O–H groups in total. The Labute approximate surface area is 162 Å². The van der Waals surface area contributed by atoms with Crippen LogP contribution in [0.4, 0.5) is 13.2 Å². The zero-order valence-electron chi connectivity index (χ0n) is 15.6. The summed E-state index contributed by atoms with van der Waals surface area (Å²) in [7, 11) is 0. The third kappa shape index (κ3) is 3.45. The zero-order chi connectivity index (χ0) is 19.8. The molecule has 144 valence electrons. The van der Waals surface area contributed by atoms with E-state index in [1.165, 1.54) is 30.5 Å². The van der Waals surface area contributed by atoms with E-state index in [4.69, 9.17) is 5.11 Å². The van der Waals surface area contributed by atoms with Crippen LogP contribution in [0, 0.1) is 23.4 Å². The van der Waals surface area contributed by atoms with Crippen LogP contribution in [0.1, 0.15) is 36.8 Å². The van der Waals surface area contributed by atoms with Gasteiger partial charge in [-0.25, -0.2) is 13.2 Å². The van der Waals surface area contributed by atoms with E-state index in [2.05, 4.69) is 19.1 Å². The van der Waals surface area contributed by atoms with Gasteiger partial charge in [0.1, 0.15) is 17.5 Å². The summed E-state index contributed by atoms with van der Waals surface area (Å²) in [5.41, 5.74) is 2.74. The van der Waals surface area contributed by atoms with Crippen LogP contribution in [0.5, 0.6) is 0 Å². The number of halogens is 3. The second kappa shape index (κ2) is 7.44. The molecule has 3 aromatic rings. The van der Waals surface area contributed by atoms with Gasteiger partial charge in [-0.2, -0.15) is 0 Å². The SMILES string of the molecule is CCC1CC1c1ccc(-c2ccc(-c3cc(F)c(CO)c(F)c3)c(F)c2)cc1. The Morgan fingerprint density at radius 1 is 0.821 bits per heavy atom. The van der Waals surface area contributed by atoms with Crippen LogP contribution >= 0.6 is 0 Å². The number of aliphatic hydroxyl groups is 1. The maximum absolute atomic E-state index is 14.7. The van der Waals surface area contributed by atoms with Crippen LogP contribution in [0.3, 0.4) is 0 Å². The van der Waals surface area contributed by atoms with E-state index in [0.29, 0.717) is 11.5 Å². The molecule has 1 nitrogen and oxygen atoms in total. The molecule has 0 aromatic heterocycles. The van der Waals surface area contributed by atoms with Crippen molar-refractivity contribution in [2.24, 2.45) is 5.92 Å². The number of hydrogen-bond donors (Lipinski definition) is 1. The van der Waals surface area contributed by atoms with Gasteiger partial charge in [0.25, 0.3) is 0 Å². The lowest BCUT2D eigenvalue weighted by Crippen LogP contribution is -1.97. The third-order valence-corrected chi connectivity index (χ3v) is 5.70. The summed E-state index contributed by atoms with van der Waals surface area (Å²) in [4.78, 5) is 0. The van der Waals surface area contributed by atoms with Gasteiger partial charge in [0.05, 0.1) is 6.61 Å². The molecule has 2 unspecified atom stereocenters. The van der Waals surface area contributed by atoms with Gasteiger partial charge in [-0.15, -0.1) is 0 Å². The standard InChI is InChI=1S/C24H21F3O/c1-2-14-9-20(14)16-5-3-15(4-6-16)17-7-8-19(22(25)10-17)18-11-23(26)21(13-28)24(27)12-18/h3-8,10-12,14,20,28H,2,9,13H2,1H3. The molecule has 0 spiro atoms. The third-order valence-electron chi connectivity index (χ3n) is 5.70. The zero-order valence-corrected chi connectivity index (χ0v) is 15.6. The molecule has 2 atom stereocenters. The highest BCUT2D eigenvalue weighted by atomic mass is 19.1. The lowest BCUT2D eigenvalue weighted by Gasteiger charge is -2.10. The van der Waals surface area contributed by atoms with E-state index < -0.39 is 29.6 Å². The minimum atomic E-state index is -0.887. The van der Waals surface area contributed by atoms with Gasteiger partial charge < -0.3 is 5.11 Å². The number of benzene rings is 3. The molecule has 0 saturated heterocycles. The summed E-state index contributed by atoms with van der Waals surface area (Å²) < 4.78 is 42.5. The summed E-state index contributed by atoms with van der Waals surface area (Å²) in [6.45, 7) is 1.47. The number of aliphatic hydroxyl groups excluding tert-OH is 1. The van der Waals surface area contributed by atoms with E-state index in [1.807, 2.05) is 12.1 Å². The fraction of sp³-hybridized carbons (Fsp3) is 0.250. The quantitative estimate of drug-likeness (QED) is 0.538. The van der Waals surface area contributed by atoms with Crippen LogP contribution in [-0.2, 0) is 6.61 Å². The highest BCUT2D eigenvalue weighted by molar-refractivity contribution is 5.71. The first-order valence-corrected chi connectivity index (χ1v) is 9.50. The molecule has 3 aromatic carbocycles. The predicted octanol–water partition coefficient (Wildman–Crippen LogP) is 6.44. The van der Waals surface area contributed by atoms with Gasteiger partial charge in [-0.3, -0.25) is 0 Å². The van der Waals surface area contributed by atoms with Crippen molar-refractivity contribution in [2.75, 3.05) is 0 Å². The van der Waals surface area contributed by atoms with Crippen LogP contribution < -0.4 is 0 Å². The largest absolute Gasteiger partial charge is 0.391 e. The second-order valence-corrected chi connectivity index (χ2v) is 7.40. The second-order valence-electron chi connectivity index (χ2n) is 7.40. The highest BCUT2D eigenvalue weighted by Crippen LogP contribution is 2.49. The van der Waals surface area contributed by atoms with Crippen LogP contribution in [0.25, 0.3) is 22.3 Å². The van der Waals surface area contributed by atoms with Crippen molar-refractivity contribution in [3.05, 3.63) is 83.2 Å². The van der Waals surface area contributed by atoms with E-state index in [9.17, 15) is 13.2 Å². The molecule has 0 heterocycles. The Kier molecular flexibility index (Phi) is 4.98. The lowest BCUT2D eigenvalue weighted by molar-refractivity contribution is 0.269. The first-order valence-electron chi connectivity index (χ1n) is 9.50. The molecule has 1 fully saturated rings. The maximum atomic E-state index is 14.7. The van der Waals surface area contributed by atoms with Crippen molar-refractivity contribution in [1.82, 2.24) is 0 Å². The molecule has 0 amide bonds. The molecule has 0 radical (unpaired) electrons. The molecule has 0 bridgehead atoms. The first-order chi connectivity index (χ1) is 13.5. The van der Waals surface area contributed by atoms with E-state index >= 15 is 0 Å². The predicted molar refractivity (Wildman–Crippen MR) is 104 cm³/mol. The monoisotopic (exact) mass is 382 g/mol.